The van der Waals surface area contributed by atoms with Gasteiger partial charge in [0.15, 0.2) is 0 Å². The number of carbonyl (C=O) groups excluding carboxylic acids is 2. The Labute approximate surface area is 206 Å². The highest BCUT2D eigenvalue weighted by molar-refractivity contribution is 5.94. The van der Waals surface area contributed by atoms with Crippen LogP contribution in [0.3, 0.4) is 0 Å². The fourth-order valence-electron chi connectivity index (χ4n) is 4.40. The van der Waals surface area contributed by atoms with Gasteiger partial charge in [-0.25, -0.2) is 0 Å². The third-order valence-corrected chi connectivity index (χ3v) is 6.78. The number of rotatable bonds is 10. The summed E-state index contributed by atoms with van der Waals surface area (Å²) in [5.74, 6) is -0.0405. The summed E-state index contributed by atoms with van der Waals surface area (Å²) >= 11 is 0. The Hall–Kier alpha value is -2.56. The lowest BCUT2D eigenvalue weighted by atomic mass is 9.62. The van der Waals surface area contributed by atoms with Crippen LogP contribution in [0.2, 0.25) is 0 Å². The Morgan fingerprint density at radius 1 is 1.09 bits per heavy atom. The van der Waals surface area contributed by atoms with Crippen LogP contribution in [0.15, 0.2) is 36.1 Å². The van der Waals surface area contributed by atoms with E-state index in [0.29, 0.717) is 25.0 Å². The maximum absolute atomic E-state index is 12.8. The number of unbranched alkanes of at least 4 members (excludes halogenated alkanes) is 3. The average Bonchev–Trinajstić information content (AvgIpc) is 2.80. The van der Waals surface area contributed by atoms with Crippen molar-refractivity contribution in [3.63, 3.8) is 0 Å². The number of aryl methyl sites for hydroxylation is 1. The quantitative estimate of drug-likeness (QED) is 0.137. The van der Waals surface area contributed by atoms with Crippen molar-refractivity contribution in [1.82, 2.24) is 5.32 Å². The molecule has 0 radical (unpaired) electrons. The van der Waals surface area contributed by atoms with Gasteiger partial charge in [-0.05, 0) is 65.3 Å². The maximum atomic E-state index is 12.8. The highest BCUT2D eigenvalue weighted by Gasteiger charge is 2.37. The summed E-state index contributed by atoms with van der Waals surface area (Å²) in [4.78, 5) is 21.8. The molecule has 0 atom stereocenters. The molecule has 0 unspecified atom stereocenters. The fraction of sp³-hybridized carbons (Fsp3) is 0.586. The number of hydrogen-bond acceptors (Lipinski definition) is 4. The number of aliphatic hydroxyl groups is 1. The van der Waals surface area contributed by atoms with E-state index >= 15 is 0 Å². The molecule has 0 aliphatic heterocycles. The number of nitrogens with one attached hydrogen (secondary N) is 1. The van der Waals surface area contributed by atoms with Crippen molar-refractivity contribution in [2.24, 2.45) is 0 Å². The Kier molecular flexibility index (Phi) is 12.1. The Bertz CT molecular complexity index is 865. The molecule has 1 aromatic carbocycles. The van der Waals surface area contributed by atoms with Gasteiger partial charge in [0.25, 0.3) is 6.47 Å². The van der Waals surface area contributed by atoms with Gasteiger partial charge in [-0.3, -0.25) is 9.59 Å². The zero-order chi connectivity index (χ0) is 25.8. The second-order valence-corrected chi connectivity index (χ2v) is 10.5. The van der Waals surface area contributed by atoms with Gasteiger partial charge < -0.3 is 15.2 Å². The molecular formula is C29H45NO4. The topological polar surface area (TPSA) is 75.6 Å². The SMILES string of the molecule is CCCCCCNC(=O)/C(=C\C=C/O)Cc1cc2c(cc1C)C(C)(C)CCC2(C)C.COC=O. The highest BCUT2D eigenvalue weighted by atomic mass is 16.5. The molecule has 1 aliphatic carbocycles. The van der Waals surface area contributed by atoms with Crippen LogP contribution in [-0.4, -0.2) is 31.1 Å². The Morgan fingerprint density at radius 2 is 1.68 bits per heavy atom. The number of methoxy groups -OCH3 is 1. The smallest absolute Gasteiger partial charge is 0.292 e. The molecule has 0 aromatic heterocycles. The van der Waals surface area contributed by atoms with Crippen molar-refractivity contribution in [2.45, 2.75) is 97.3 Å². The molecule has 1 amide bonds. The van der Waals surface area contributed by atoms with Gasteiger partial charge in [-0.1, -0.05) is 72.1 Å². The van der Waals surface area contributed by atoms with E-state index in [4.69, 9.17) is 9.90 Å². The predicted octanol–water partition coefficient (Wildman–Crippen LogP) is 6.37. The van der Waals surface area contributed by atoms with Gasteiger partial charge in [-0.2, -0.15) is 0 Å². The van der Waals surface area contributed by atoms with E-state index in [9.17, 15) is 4.79 Å². The lowest BCUT2D eigenvalue weighted by Gasteiger charge is -2.42. The highest BCUT2D eigenvalue weighted by Crippen LogP contribution is 2.46. The molecular weight excluding hydrogens is 426 g/mol. The maximum Gasteiger partial charge on any atom is 0.292 e. The predicted molar refractivity (Wildman–Crippen MR) is 140 cm³/mol. The summed E-state index contributed by atoms with van der Waals surface area (Å²) < 4.78 is 3.86. The second kappa shape index (κ2) is 14.0. The number of aliphatic hydroxyl groups excluding tert-OH is 1. The minimum Gasteiger partial charge on any atom is -0.516 e. The summed E-state index contributed by atoms with van der Waals surface area (Å²) in [5.41, 5.74) is 6.29. The van der Waals surface area contributed by atoms with E-state index in [1.807, 2.05) is 0 Å². The van der Waals surface area contributed by atoms with Crippen LogP contribution in [0.4, 0.5) is 0 Å². The van der Waals surface area contributed by atoms with Gasteiger partial charge in [0.2, 0.25) is 5.91 Å². The summed E-state index contributed by atoms with van der Waals surface area (Å²) in [6.07, 6.45) is 11.7. The van der Waals surface area contributed by atoms with Gasteiger partial charge in [-0.15, -0.1) is 0 Å². The van der Waals surface area contributed by atoms with Gasteiger partial charge >= 0.3 is 0 Å². The minimum absolute atomic E-state index is 0.0405. The normalized spacial score (nSPS) is 16.3. The van der Waals surface area contributed by atoms with E-state index in [2.05, 4.69) is 63.7 Å². The molecule has 0 heterocycles. The van der Waals surface area contributed by atoms with Gasteiger partial charge in [0.05, 0.1) is 13.4 Å². The number of ether oxygens (including phenoxy) is 1. The third kappa shape index (κ3) is 8.66. The van der Waals surface area contributed by atoms with Crippen LogP contribution in [0, 0.1) is 6.92 Å². The monoisotopic (exact) mass is 471 g/mol. The summed E-state index contributed by atoms with van der Waals surface area (Å²) in [7, 11) is 1.31. The van der Waals surface area contributed by atoms with Crippen LogP contribution in [0.1, 0.15) is 95.4 Å². The lowest BCUT2D eigenvalue weighted by Crippen LogP contribution is -2.34. The average molecular weight is 472 g/mol. The lowest BCUT2D eigenvalue weighted by molar-refractivity contribution is -0.126. The van der Waals surface area contributed by atoms with E-state index in [1.54, 1.807) is 6.08 Å². The molecule has 1 aromatic rings. The van der Waals surface area contributed by atoms with Crippen molar-refractivity contribution < 1.29 is 19.4 Å². The number of amides is 1. The van der Waals surface area contributed by atoms with E-state index in [1.165, 1.54) is 61.1 Å². The fourth-order valence-corrected chi connectivity index (χ4v) is 4.40. The summed E-state index contributed by atoms with van der Waals surface area (Å²) in [6.45, 7) is 14.7. The standard InChI is InChI=1S/C27H41NO2.C2H4O2/c1-7-8-9-10-15-28-25(30)21(12-11-16-29)18-22-19-24-23(17-20(22)2)26(3,4)13-14-27(24,5)6;1-4-2-3/h11-12,16-17,19,29H,7-10,13-15,18H2,1-6H3,(H,28,30);2H,1H3/b16-11-,21-12-;. The Morgan fingerprint density at radius 3 is 2.21 bits per heavy atom. The number of fused-ring (bicyclic) bond motifs is 1. The van der Waals surface area contributed by atoms with Crippen molar-refractivity contribution >= 4 is 12.4 Å². The summed E-state index contributed by atoms with van der Waals surface area (Å²) in [5, 5.41) is 12.2. The molecule has 34 heavy (non-hydrogen) atoms. The molecule has 0 saturated carbocycles. The molecule has 0 saturated heterocycles. The number of carbonyl (C=O) groups is 2. The molecule has 0 fully saturated rings. The largest absolute Gasteiger partial charge is 0.516 e. The van der Waals surface area contributed by atoms with Crippen LogP contribution in [0.5, 0.6) is 0 Å². The number of benzene rings is 1. The van der Waals surface area contributed by atoms with Crippen LogP contribution < -0.4 is 5.32 Å². The Balaban J connectivity index is 0.00000133. The van der Waals surface area contributed by atoms with Crippen molar-refractivity contribution in [1.29, 1.82) is 0 Å². The molecule has 5 nitrogen and oxygen atoms in total. The van der Waals surface area contributed by atoms with Crippen LogP contribution in [0.25, 0.3) is 0 Å². The zero-order valence-electron chi connectivity index (χ0n) is 22.3. The van der Waals surface area contributed by atoms with E-state index < -0.39 is 0 Å². The molecule has 2 rings (SSSR count). The van der Waals surface area contributed by atoms with Crippen molar-refractivity contribution in [2.75, 3.05) is 13.7 Å². The van der Waals surface area contributed by atoms with Gasteiger partial charge in [0, 0.05) is 18.5 Å². The first kappa shape index (κ1) is 29.5. The third-order valence-electron chi connectivity index (χ3n) is 6.78. The molecule has 0 spiro atoms. The zero-order valence-corrected chi connectivity index (χ0v) is 22.3. The van der Waals surface area contributed by atoms with Crippen molar-refractivity contribution in [3.8, 4) is 0 Å². The van der Waals surface area contributed by atoms with Crippen LogP contribution in [-0.2, 0) is 31.6 Å². The molecule has 5 heteroatoms. The summed E-state index contributed by atoms with van der Waals surface area (Å²) in [6, 6.07) is 4.67. The second-order valence-electron chi connectivity index (χ2n) is 10.5. The van der Waals surface area contributed by atoms with Crippen molar-refractivity contribution in [3.05, 3.63) is 58.4 Å². The van der Waals surface area contributed by atoms with Gasteiger partial charge in [0.1, 0.15) is 0 Å². The molecule has 2 N–H and O–H groups in total. The number of allylic oxidation sites excluding steroid dienone is 2. The van der Waals surface area contributed by atoms with E-state index in [0.717, 1.165) is 19.1 Å². The first-order valence-corrected chi connectivity index (χ1v) is 12.4. The number of hydrogen-bond donors (Lipinski definition) is 2. The first-order valence-electron chi connectivity index (χ1n) is 12.4. The minimum atomic E-state index is -0.0405. The molecule has 0 bridgehead atoms. The van der Waals surface area contributed by atoms with Crippen LogP contribution >= 0.6 is 0 Å². The first-order chi connectivity index (χ1) is 16.0. The van der Waals surface area contributed by atoms with E-state index in [-0.39, 0.29) is 16.7 Å². The molecule has 190 valence electrons. The molecule has 1 aliphatic rings.